The van der Waals surface area contributed by atoms with Crippen molar-refractivity contribution in [3.05, 3.63) is 60.2 Å². The van der Waals surface area contributed by atoms with Crippen LogP contribution in [0.3, 0.4) is 0 Å². The van der Waals surface area contributed by atoms with Crippen LogP contribution in [0.15, 0.2) is 59.5 Å². The zero-order valence-corrected chi connectivity index (χ0v) is 16.7. The summed E-state index contributed by atoms with van der Waals surface area (Å²) in [5, 5.41) is 2.57. The van der Waals surface area contributed by atoms with Gasteiger partial charge in [-0.05, 0) is 43.7 Å². The molecule has 7 nitrogen and oxygen atoms in total. The standard InChI is InChI=1S/C20H23NO6S/c1-14(2)26-20(23)19(21-15(3)22)13-16-9-11-17(12-10-16)27-28(24,25)18-7-5-4-6-8-18/h4-12,14,19H,13H2,1-3H3,(H,21,22). The second-order valence-corrected chi connectivity index (χ2v) is 7.98. The molecule has 28 heavy (non-hydrogen) atoms. The summed E-state index contributed by atoms with van der Waals surface area (Å²) >= 11 is 0. The Kier molecular flexibility index (Phi) is 7.17. The molecule has 0 spiro atoms. The second kappa shape index (κ2) is 9.36. The minimum Gasteiger partial charge on any atom is -0.461 e. The maximum Gasteiger partial charge on any atom is 0.339 e. The molecule has 0 saturated carbocycles. The fourth-order valence-corrected chi connectivity index (χ4v) is 3.38. The van der Waals surface area contributed by atoms with E-state index in [2.05, 4.69) is 5.32 Å². The maximum atomic E-state index is 12.2. The minimum atomic E-state index is -3.92. The third-order valence-electron chi connectivity index (χ3n) is 3.61. The Balaban J connectivity index is 2.10. The van der Waals surface area contributed by atoms with Crippen molar-refractivity contribution >= 4 is 22.0 Å². The van der Waals surface area contributed by atoms with Gasteiger partial charge < -0.3 is 14.2 Å². The van der Waals surface area contributed by atoms with Crippen molar-refractivity contribution in [3.63, 3.8) is 0 Å². The molecule has 1 unspecified atom stereocenters. The summed E-state index contributed by atoms with van der Waals surface area (Å²) in [6.07, 6.45) is -0.0978. The Bertz CT molecular complexity index is 907. The third-order valence-corrected chi connectivity index (χ3v) is 4.88. The number of ether oxygens (including phenoxy) is 1. The van der Waals surface area contributed by atoms with Crippen LogP contribution in [0, 0.1) is 0 Å². The number of hydrogen-bond donors (Lipinski definition) is 1. The number of esters is 1. The predicted molar refractivity (Wildman–Crippen MR) is 103 cm³/mol. The van der Waals surface area contributed by atoms with Gasteiger partial charge in [-0.25, -0.2) is 4.79 Å². The van der Waals surface area contributed by atoms with Crippen LogP contribution in [0.5, 0.6) is 5.75 Å². The van der Waals surface area contributed by atoms with E-state index < -0.39 is 22.1 Å². The fraction of sp³-hybridized carbons (Fsp3) is 0.300. The highest BCUT2D eigenvalue weighted by atomic mass is 32.2. The number of carbonyl (C=O) groups is 2. The molecule has 2 aromatic carbocycles. The molecular weight excluding hydrogens is 382 g/mol. The first kappa shape index (κ1) is 21.4. The summed E-state index contributed by atoms with van der Waals surface area (Å²) in [5.41, 5.74) is 0.712. The zero-order valence-electron chi connectivity index (χ0n) is 15.9. The molecule has 1 amide bonds. The Hall–Kier alpha value is -2.87. The van der Waals surface area contributed by atoms with E-state index in [1.54, 1.807) is 44.2 Å². The van der Waals surface area contributed by atoms with Crippen molar-refractivity contribution < 1.29 is 26.9 Å². The average molecular weight is 405 g/mol. The monoisotopic (exact) mass is 405 g/mol. The molecule has 0 aliphatic rings. The Labute approximate surface area is 164 Å². The lowest BCUT2D eigenvalue weighted by atomic mass is 10.1. The minimum absolute atomic E-state index is 0.0567. The summed E-state index contributed by atoms with van der Waals surface area (Å²) in [7, 11) is -3.92. The van der Waals surface area contributed by atoms with Gasteiger partial charge >= 0.3 is 16.1 Å². The molecule has 2 aromatic rings. The third kappa shape index (κ3) is 6.38. The molecule has 0 saturated heterocycles. The number of rotatable bonds is 8. The van der Waals surface area contributed by atoms with Crippen molar-refractivity contribution in [1.82, 2.24) is 5.32 Å². The van der Waals surface area contributed by atoms with Gasteiger partial charge in [0.25, 0.3) is 0 Å². The molecule has 0 aliphatic carbocycles. The van der Waals surface area contributed by atoms with Crippen LogP contribution in [0.1, 0.15) is 26.3 Å². The first-order valence-electron chi connectivity index (χ1n) is 8.73. The SMILES string of the molecule is CC(=O)NC(Cc1ccc(OS(=O)(=O)c2ccccc2)cc1)C(=O)OC(C)C. The van der Waals surface area contributed by atoms with Crippen LogP contribution < -0.4 is 9.50 Å². The van der Waals surface area contributed by atoms with Crippen molar-refractivity contribution in [2.24, 2.45) is 0 Å². The Morgan fingerprint density at radius 3 is 2.14 bits per heavy atom. The van der Waals surface area contributed by atoms with Crippen molar-refractivity contribution in [2.75, 3.05) is 0 Å². The van der Waals surface area contributed by atoms with Gasteiger partial charge in [0.2, 0.25) is 5.91 Å². The van der Waals surface area contributed by atoms with E-state index in [1.807, 2.05) is 0 Å². The molecule has 150 valence electrons. The first-order chi connectivity index (χ1) is 13.2. The molecule has 0 bridgehead atoms. The number of nitrogens with one attached hydrogen (secondary N) is 1. The van der Waals surface area contributed by atoms with Gasteiger partial charge in [0, 0.05) is 13.3 Å². The normalized spacial score (nSPS) is 12.3. The first-order valence-corrected chi connectivity index (χ1v) is 10.1. The Morgan fingerprint density at radius 1 is 1.00 bits per heavy atom. The van der Waals surface area contributed by atoms with Crippen LogP contribution in [-0.2, 0) is 30.9 Å². The summed E-state index contributed by atoms with van der Waals surface area (Å²) in [5.74, 6) is -0.731. The van der Waals surface area contributed by atoms with Gasteiger partial charge in [0.1, 0.15) is 16.7 Å². The number of carbonyl (C=O) groups excluding carboxylic acids is 2. The number of hydrogen-bond acceptors (Lipinski definition) is 6. The smallest absolute Gasteiger partial charge is 0.339 e. The van der Waals surface area contributed by atoms with E-state index in [9.17, 15) is 18.0 Å². The van der Waals surface area contributed by atoms with Gasteiger partial charge in [-0.1, -0.05) is 30.3 Å². The number of amides is 1. The van der Waals surface area contributed by atoms with Gasteiger partial charge in [0.05, 0.1) is 6.10 Å². The lowest BCUT2D eigenvalue weighted by molar-refractivity contribution is -0.151. The molecule has 1 atom stereocenters. The zero-order chi connectivity index (χ0) is 20.7. The van der Waals surface area contributed by atoms with Crippen LogP contribution in [0.4, 0.5) is 0 Å². The lowest BCUT2D eigenvalue weighted by Gasteiger charge is -2.18. The van der Waals surface area contributed by atoms with Gasteiger partial charge in [-0.15, -0.1) is 0 Å². The molecule has 0 aliphatic heterocycles. The largest absolute Gasteiger partial charge is 0.461 e. The van der Waals surface area contributed by atoms with Crippen molar-refractivity contribution in [2.45, 2.75) is 44.2 Å². The van der Waals surface area contributed by atoms with Gasteiger partial charge in [-0.3, -0.25) is 4.79 Å². The van der Waals surface area contributed by atoms with Crippen LogP contribution in [0.25, 0.3) is 0 Å². The molecular formula is C20H23NO6S. The molecule has 1 N–H and O–H groups in total. The van der Waals surface area contributed by atoms with E-state index in [1.165, 1.54) is 31.2 Å². The average Bonchev–Trinajstić information content (AvgIpc) is 2.62. The van der Waals surface area contributed by atoms with Crippen LogP contribution in [0.2, 0.25) is 0 Å². The highest BCUT2D eigenvalue weighted by Gasteiger charge is 2.23. The highest BCUT2D eigenvalue weighted by Crippen LogP contribution is 2.19. The van der Waals surface area contributed by atoms with E-state index in [0.29, 0.717) is 5.56 Å². The van der Waals surface area contributed by atoms with Crippen molar-refractivity contribution in [1.29, 1.82) is 0 Å². The summed E-state index contributed by atoms with van der Waals surface area (Å²) in [6.45, 7) is 4.77. The maximum absolute atomic E-state index is 12.2. The molecule has 0 radical (unpaired) electrons. The lowest BCUT2D eigenvalue weighted by Crippen LogP contribution is -2.43. The number of benzene rings is 2. The summed E-state index contributed by atoms with van der Waals surface area (Å²) in [6, 6.07) is 13.2. The highest BCUT2D eigenvalue weighted by molar-refractivity contribution is 7.87. The van der Waals surface area contributed by atoms with Crippen LogP contribution >= 0.6 is 0 Å². The van der Waals surface area contributed by atoms with E-state index in [-0.39, 0.29) is 29.1 Å². The van der Waals surface area contributed by atoms with Gasteiger partial charge in [0.15, 0.2) is 0 Å². The molecule has 2 rings (SSSR count). The molecule has 8 heteroatoms. The summed E-state index contributed by atoms with van der Waals surface area (Å²) in [4.78, 5) is 23.6. The molecule has 0 fully saturated rings. The topological polar surface area (TPSA) is 98.8 Å². The predicted octanol–water partition coefficient (Wildman–Crippen LogP) is 2.45. The van der Waals surface area contributed by atoms with Crippen LogP contribution in [-0.4, -0.2) is 32.4 Å². The van der Waals surface area contributed by atoms with E-state index in [0.717, 1.165) is 0 Å². The van der Waals surface area contributed by atoms with E-state index in [4.69, 9.17) is 8.92 Å². The van der Waals surface area contributed by atoms with E-state index >= 15 is 0 Å². The quantitative estimate of drug-likeness (QED) is 0.535. The molecule has 0 aromatic heterocycles. The van der Waals surface area contributed by atoms with Crippen molar-refractivity contribution in [3.8, 4) is 5.75 Å². The Morgan fingerprint density at radius 2 is 1.61 bits per heavy atom. The fourth-order valence-electron chi connectivity index (χ4n) is 2.43. The second-order valence-electron chi connectivity index (χ2n) is 6.44. The van der Waals surface area contributed by atoms with Gasteiger partial charge in [-0.2, -0.15) is 8.42 Å². The molecule has 0 heterocycles. The summed E-state index contributed by atoms with van der Waals surface area (Å²) < 4.78 is 34.8.